The van der Waals surface area contributed by atoms with E-state index in [1.54, 1.807) is 11.3 Å². The molecule has 2 amide bonds. The van der Waals surface area contributed by atoms with Gasteiger partial charge in [0.2, 0.25) is 0 Å². The second kappa shape index (κ2) is 9.58. The van der Waals surface area contributed by atoms with Gasteiger partial charge >= 0.3 is 11.8 Å². The third kappa shape index (κ3) is 5.37. The van der Waals surface area contributed by atoms with Crippen molar-refractivity contribution in [1.82, 2.24) is 15.6 Å². The largest absolute Gasteiger partial charge is 0.347 e. The molecule has 30 heavy (non-hydrogen) atoms. The summed E-state index contributed by atoms with van der Waals surface area (Å²) in [5.41, 5.74) is 3.82. The molecule has 3 rings (SSSR count). The zero-order chi connectivity index (χ0) is 21.8. The van der Waals surface area contributed by atoms with Crippen LogP contribution in [-0.4, -0.2) is 23.3 Å². The fraction of sp³-hybridized carbons (Fsp3) is 0.348. The molecule has 2 unspecified atom stereocenters. The molecule has 0 fully saturated rings. The fourth-order valence-electron chi connectivity index (χ4n) is 3.35. The van der Waals surface area contributed by atoms with Gasteiger partial charge in [0.05, 0.1) is 5.69 Å². The number of carbonyl (C=O) groups excluding carboxylic acids is 2. The van der Waals surface area contributed by atoms with Gasteiger partial charge in [-0.3, -0.25) is 9.59 Å². The number of hydrogen-bond acceptors (Lipinski definition) is 4. The SMILES string of the molecule is CC1=CC(C)C(C)C(NC(=O)C(=O)NCCc2sc(-c3ccc(Cl)cc3)nc2C)=C1. The minimum atomic E-state index is -0.627. The van der Waals surface area contributed by atoms with E-state index in [0.29, 0.717) is 23.9 Å². The molecule has 5 nitrogen and oxygen atoms in total. The molecule has 7 heteroatoms. The van der Waals surface area contributed by atoms with Gasteiger partial charge in [-0.2, -0.15) is 0 Å². The molecule has 1 aromatic carbocycles. The molecule has 2 aromatic rings. The zero-order valence-corrected chi connectivity index (χ0v) is 19.2. The molecular weight excluding hydrogens is 418 g/mol. The first-order chi connectivity index (χ1) is 14.2. The third-order valence-corrected chi connectivity index (χ3v) is 6.79. The summed E-state index contributed by atoms with van der Waals surface area (Å²) in [5, 5.41) is 7.08. The number of nitrogens with one attached hydrogen (secondary N) is 2. The van der Waals surface area contributed by atoms with Gasteiger partial charge in [0.15, 0.2) is 0 Å². The van der Waals surface area contributed by atoms with Gasteiger partial charge in [-0.25, -0.2) is 4.98 Å². The molecule has 0 saturated carbocycles. The number of amides is 2. The number of allylic oxidation sites excluding steroid dienone is 4. The van der Waals surface area contributed by atoms with Crippen molar-refractivity contribution in [2.24, 2.45) is 11.8 Å². The number of halogens is 1. The average Bonchev–Trinajstić information content (AvgIpc) is 3.06. The van der Waals surface area contributed by atoms with Gasteiger partial charge in [0, 0.05) is 40.0 Å². The van der Waals surface area contributed by atoms with Gasteiger partial charge in [-0.1, -0.05) is 49.2 Å². The Morgan fingerprint density at radius 2 is 1.83 bits per heavy atom. The molecule has 2 atom stereocenters. The molecule has 2 N–H and O–H groups in total. The highest BCUT2D eigenvalue weighted by molar-refractivity contribution is 7.15. The minimum absolute atomic E-state index is 0.164. The second-order valence-electron chi connectivity index (χ2n) is 7.65. The predicted octanol–water partition coefficient (Wildman–Crippen LogP) is 4.66. The van der Waals surface area contributed by atoms with Gasteiger partial charge in [0.25, 0.3) is 0 Å². The van der Waals surface area contributed by atoms with Gasteiger partial charge < -0.3 is 10.6 Å². The standard InChI is InChI=1S/C23H26ClN3O2S/c1-13-11-14(2)15(3)19(12-13)27-22(29)21(28)25-10-9-20-16(4)26-23(30-20)17-5-7-18(24)8-6-17/h5-8,11-12,14-15H,9-10H2,1-4H3,(H,25,28)(H,27,29). The van der Waals surface area contributed by atoms with Crippen LogP contribution in [0.2, 0.25) is 5.02 Å². The predicted molar refractivity (Wildman–Crippen MR) is 122 cm³/mol. The highest BCUT2D eigenvalue weighted by atomic mass is 35.5. The lowest BCUT2D eigenvalue weighted by molar-refractivity contribution is -0.138. The Kier molecular flexibility index (Phi) is 7.10. The number of carbonyl (C=O) groups is 2. The summed E-state index contributed by atoms with van der Waals surface area (Å²) in [6, 6.07) is 7.56. The van der Waals surface area contributed by atoms with E-state index in [9.17, 15) is 9.59 Å². The molecule has 0 radical (unpaired) electrons. The van der Waals surface area contributed by atoms with E-state index >= 15 is 0 Å². The molecule has 0 aliphatic heterocycles. The van der Waals surface area contributed by atoms with Crippen LogP contribution >= 0.6 is 22.9 Å². The molecule has 1 aliphatic rings. The van der Waals surface area contributed by atoms with Crippen molar-refractivity contribution in [3.05, 3.63) is 63.3 Å². The Balaban J connectivity index is 1.54. The van der Waals surface area contributed by atoms with Gasteiger partial charge in [-0.05, 0) is 38.0 Å². The zero-order valence-electron chi connectivity index (χ0n) is 17.6. The van der Waals surface area contributed by atoms with Crippen LogP contribution in [0.1, 0.15) is 31.3 Å². The van der Waals surface area contributed by atoms with Crippen LogP contribution in [0.15, 0.2) is 47.7 Å². The fourth-order valence-corrected chi connectivity index (χ4v) is 4.54. The molecule has 0 bridgehead atoms. The molecule has 1 aromatic heterocycles. The molecule has 0 saturated heterocycles. The van der Waals surface area contributed by atoms with Crippen LogP contribution < -0.4 is 10.6 Å². The van der Waals surface area contributed by atoms with E-state index < -0.39 is 11.8 Å². The lowest BCUT2D eigenvalue weighted by Gasteiger charge is -2.25. The number of benzene rings is 1. The van der Waals surface area contributed by atoms with Crippen molar-refractivity contribution in [3.8, 4) is 10.6 Å². The van der Waals surface area contributed by atoms with Crippen molar-refractivity contribution >= 4 is 34.8 Å². The smallest absolute Gasteiger partial charge is 0.313 e. The van der Waals surface area contributed by atoms with Crippen molar-refractivity contribution in [2.45, 2.75) is 34.1 Å². The van der Waals surface area contributed by atoms with Crippen LogP contribution in [0.25, 0.3) is 10.6 Å². The van der Waals surface area contributed by atoms with Crippen molar-refractivity contribution in [1.29, 1.82) is 0 Å². The van der Waals surface area contributed by atoms with Crippen LogP contribution in [0.3, 0.4) is 0 Å². The molecule has 1 heterocycles. The lowest BCUT2D eigenvalue weighted by atomic mass is 9.86. The van der Waals surface area contributed by atoms with E-state index in [2.05, 4.69) is 28.6 Å². The molecule has 1 aliphatic carbocycles. The summed E-state index contributed by atoms with van der Waals surface area (Å²) in [7, 11) is 0. The lowest BCUT2D eigenvalue weighted by Crippen LogP contribution is -2.42. The number of aromatic nitrogens is 1. The number of aryl methyl sites for hydroxylation is 1. The van der Waals surface area contributed by atoms with E-state index in [4.69, 9.17) is 11.6 Å². The number of nitrogens with zero attached hydrogens (tertiary/aromatic N) is 1. The second-order valence-corrected chi connectivity index (χ2v) is 9.17. The molecule has 158 valence electrons. The first kappa shape index (κ1) is 22.2. The number of hydrogen-bond donors (Lipinski definition) is 2. The minimum Gasteiger partial charge on any atom is -0.347 e. The van der Waals surface area contributed by atoms with Crippen molar-refractivity contribution < 1.29 is 9.59 Å². The summed E-state index contributed by atoms with van der Waals surface area (Å²) in [6.07, 6.45) is 4.71. The van der Waals surface area contributed by atoms with Crippen LogP contribution in [0.5, 0.6) is 0 Å². The van der Waals surface area contributed by atoms with Crippen molar-refractivity contribution in [2.75, 3.05) is 6.54 Å². The van der Waals surface area contributed by atoms with Crippen molar-refractivity contribution in [3.63, 3.8) is 0 Å². The average molecular weight is 444 g/mol. The summed E-state index contributed by atoms with van der Waals surface area (Å²) in [4.78, 5) is 30.2. The van der Waals surface area contributed by atoms with E-state index in [1.165, 1.54) is 0 Å². The first-order valence-corrected chi connectivity index (χ1v) is 11.2. The first-order valence-electron chi connectivity index (χ1n) is 9.96. The summed E-state index contributed by atoms with van der Waals surface area (Å²) in [6.45, 7) is 8.46. The highest BCUT2D eigenvalue weighted by Crippen LogP contribution is 2.29. The Hall–Kier alpha value is -2.44. The topological polar surface area (TPSA) is 71.1 Å². The van der Waals surface area contributed by atoms with E-state index in [1.807, 2.05) is 51.1 Å². The Labute approximate surface area is 186 Å². The number of rotatable bonds is 5. The third-order valence-electron chi connectivity index (χ3n) is 5.27. The number of thiazole rings is 1. The van der Waals surface area contributed by atoms with Gasteiger partial charge in [0.1, 0.15) is 5.01 Å². The van der Waals surface area contributed by atoms with Crippen LogP contribution in [0, 0.1) is 18.8 Å². The maximum Gasteiger partial charge on any atom is 0.313 e. The Bertz CT molecular complexity index is 1010. The van der Waals surface area contributed by atoms with Crippen LogP contribution in [-0.2, 0) is 16.0 Å². The normalized spacial score (nSPS) is 18.4. The summed E-state index contributed by atoms with van der Waals surface area (Å²) < 4.78 is 0. The maximum absolute atomic E-state index is 12.3. The Morgan fingerprint density at radius 1 is 1.13 bits per heavy atom. The summed E-state index contributed by atoms with van der Waals surface area (Å²) >= 11 is 7.53. The maximum atomic E-state index is 12.3. The molecule has 0 spiro atoms. The highest BCUT2D eigenvalue weighted by Gasteiger charge is 2.23. The van der Waals surface area contributed by atoms with E-state index in [0.717, 1.165) is 32.4 Å². The summed E-state index contributed by atoms with van der Waals surface area (Å²) in [5.74, 6) is -0.769. The van der Waals surface area contributed by atoms with Gasteiger partial charge in [-0.15, -0.1) is 11.3 Å². The Morgan fingerprint density at radius 3 is 2.53 bits per heavy atom. The van der Waals surface area contributed by atoms with E-state index in [-0.39, 0.29) is 5.92 Å². The quantitative estimate of drug-likeness (QED) is 0.660. The molecular formula is C23H26ClN3O2S. The van der Waals surface area contributed by atoms with Crippen LogP contribution in [0.4, 0.5) is 0 Å². The monoisotopic (exact) mass is 443 g/mol.